The largest absolute Gasteiger partial charge is 0.507 e. The standard InChI is InChI=1S/C30H33F3N4O3S.C16H13F4N3O3.C13H19NOS/c1-19(36-12-6-7-13-36)18-41-25-9-5-4-8-24(25)40-23-11-10-20(14-22(23)30(31,32)33)27-34-16-21(35-27)17-37-26(38)15-29(2,3)28(37)39;1-15(2)6-12(24)23(14(15)25)7-11-21-13(22-26-11)8-3-4-10(17)9(5-8)16(18,19)20;1-11(14-8-4-5-9-14)10-16-13-7-3-2-6-12(13)15/h4-5,8-11,14,19H,6-7,12-13,15-18H2,1-3H3;3-5H,6-7H2,1-2H3;2-3,6-7,11,15H,4-5,8-10H2,1H3. The van der Waals surface area contributed by atoms with E-state index in [-0.39, 0.29) is 78.7 Å². The molecule has 5 aliphatic heterocycles. The van der Waals surface area contributed by atoms with Gasteiger partial charge in [0, 0.05) is 52.5 Å². The molecule has 2 atom stereocenters. The second kappa shape index (κ2) is 26.1. The van der Waals surface area contributed by atoms with Crippen LogP contribution in [0.3, 0.4) is 0 Å². The van der Waals surface area contributed by atoms with Gasteiger partial charge < -0.3 is 14.4 Å². The normalized spacial score (nSPS) is 18.9. The Morgan fingerprint density at radius 3 is 1.73 bits per heavy atom. The van der Waals surface area contributed by atoms with E-state index in [2.05, 4.69) is 43.8 Å². The number of carbonyl (C=O) groups excluding carboxylic acids is 4. The molecule has 5 aliphatic rings. The maximum absolute atomic E-state index is 14.2. The summed E-state index contributed by atoms with van der Waals surface area (Å²) in [6.07, 6.45) is -4.32. The number of imide groups is 2. The lowest BCUT2D eigenvalue weighted by Gasteiger charge is -2.23. The number of phenols is 1. The molecule has 4 aromatic carbocycles. The Morgan fingerprint density at radius 1 is 0.663 bits per heavy atom. The molecule has 4 saturated heterocycles. The molecular weight excluding hydrogens is 1130 g/mol. The fourth-order valence-corrected chi connectivity index (χ4v) is 12.0. The zero-order chi connectivity index (χ0) is 60.0. The number of phenolic OH excluding ortho intramolecular Hbond substituents is 1. The van der Waals surface area contributed by atoms with Crippen LogP contribution < -0.4 is 4.74 Å². The first-order valence-electron chi connectivity index (χ1n) is 27.2. The molecule has 15 nitrogen and oxygen atoms in total. The Bertz CT molecular complexity index is 3250. The molecule has 4 amide bonds. The van der Waals surface area contributed by atoms with Gasteiger partial charge in [-0.3, -0.25) is 43.8 Å². The van der Waals surface area contributed by atoms with E-state index in [1.165, 1.54) is 50.9 Å². The van der Waals surface area contributed by atoms with Crippen molar-refractivity contribution >= 4 is 58.7 Å². The number of nitrogens with zero attached hydrogens (tertiary/aromatic N) is 8. The number of para-hydroxylation sites is 2. The van der Waals surface area contributed by atoms with Gasteiger partial charge in [-0.2, -0.15) is 31.3 Å². The molecule has 1 aromatic heterocycles. The summed E-state index contributed by atoms with van der Waals surface area (Å²) in [4.78, 5) is 70.3. The summed E-state index contributed by atoms with van der Waals surface area (Å²) in [5.41, 5.74) is -3.47. The van der Waals surface area contributed by atoms with Crippen molar-refractivity contribution in [1.82, 2.24) is 29.7 Å². The summed E-state index contributed by atoms with van der Waals surface area (Å²) < 4.78 is 105. The zero-order valence-corrected chi connectivity index (χ0v) is 48.4. The molecule has 83 heavy (non-hydrogen) atoms. The van der Waals surface area contributed by atoms with Crippen molar-refractivity contribution in [2.75, 3.05) is 50.8 Å². The van der Waals surface area contributed by atoms with Crippen LogP contribution in [0.4, 0.5) is 30.7 Å². The van der Waals surface area contributed by atoms with Gasteiger partial charge in [0.25, 0.3) is 0 Å². The van der Waals surface area contributed by atoms with Crippen LogP contribution in [0.5, 0.6) is 17.2 Å². The molecule has 2 unspecified atom stereocenters. The Labute approximate surface area is 485 Å². The molecule has 6 heterocycles. The van der Waals surface area contributed by atoms with Gasteiger partial charge in [-0.25, -0.2) is 9.38 Å². The molecular formula is C59H65F7N8O7S2. The summed E-state index contributed by atoms with van der Waals surface area (Å²) in [6.45, 7) is 15.6. The minimum absolute atomic E-state index is 0.0216. The molecule has 10 rings (SSSR count). The van der Waals surface area contributed by atoms with Crippen molar-refractivity contribution in [2.24, 2.45) is 20.8 Å². The number of likely N-dealkylation sites (tertiary alicyclic amines) is 4. The van der Waals surface area contributed by atoms with E-state index >= 15 is 0 Å². The number of rotatable bonds is 16. The highest BCUT2D eigenvalue weighted by molar-refractivity contribution is 7.99. The highest BCUT2D eigenvalue weighted by atomic mass is 32.2. The first kappa shape index (κ1) is 62.4. The lowest BCUT2D eigenvalue weighted by atomic mass is 9.92. The van der Waals surface area contributed by atoms with Crippen LogP contribution in [0.15, 0.2) is 109 Å². The van der Waals surface area contributed by atoms with Crippen molar-refractivity contribution < 1.29 is 64.3 Å². The number of aromatic nitrogens is 2. The lowest BCUT2D eigenvalue weighted by Crippen LogP contribution is -2.37. The third-order valence-electron chi connectivity index (χ3n) is 14.7. The van der Waals surface area contributed by atoms with Gasteiger partial charge in [-0.05, 0) is 126 Å². The fraction of sp³-hybridized carbons (Fsp3) is 0.458. The van der Waals surface area contributed by atoms with Crippen molar-refractivity contribution in [3.63, 3.8) is 0 Å². The predicted molar refractivity (Wildman–Crippen MR) is 301 cm³/mol. The molecule has 0 spiro atoms. The van der Waals surface area contributed by atoms with E-state index in [0.29, 0.717) is 41.4 Å². The van der Waals surface area contributed by atoms with E-state index in [4.69, 9.17) is 9.26 Å². The molecule has 0 aliphatic carbocycles. The van der Waals surface area contributed by atoms with Gasteiger partial charge in [0.15, 0.2) is 5.84 Å². The maximum Gasteiger partial charge on any atom is 0.420 e. The highest BCUT2D eigenvalue weighted by Crippen LogP contribution is 2.42. The minimum atomic E-state index is -4.87. The summed E-state index contributed by atoms with van der Waals surface area (Å²) in [7, 11) is 0. The van der Waals surface area contributed by atoms with Crippen molar-refractivity contribution in [2.45, 2.75) is 121 Å². The molecule has 0 bridgehead atoms. The third-order valence-corrected chi connectivity index (χ3v) is 17.3. The molecule has 24 heteroatoms. The van der Waals surface area contributed by atoms with Gasteiger partial charge in [0.1, 0.15) is 29.6 Å². The number of hydrogen-bond donors (Lipinski definition) is 1. The molecule has 5 aromatic rings. The summed E-state index contributed by atoms with van der Waals surface area (Å²) in [6, 6.07) is 21.7. The van der Waals surface area contributed by atoms with E-state index in [0.717, 1.165) is 56.3 Å². The Balaban J connectivity index is 0.000000182. The number of alkyl halides is 6. The number of aromatic hydroxyl groups is 1. The Morgan fingerprint density at radius 2 is 1.18 bits per heavy atom. The first-order valence-corrected chi connectivity index (χ1v) is 29.2. The van der Waals surface area contributed by atoms with E-state index in [1.54, 1.807) is 69.4 Å². The van der Waals surface area contributed by atoms with Gasteiger partial charge in [0.05, 0.1) is 45.7 Å². The van der Waals surface area contributed by atoms with Crippen LogP contribution in [0.1, 0.15) is 103 Å². The fourth-order valence-electron chi connectivity index (χ4n) is 9.97. The Hall–Kier alpha value is -6.63. The van der Waals surface area contributed by atoms with E-state index in [9.17, 15) is 55.0 Å². The molecule has 0 saturated carbocycles. The van der Waals surface area contributed by atoms with Crippen LogP contribution in [-0.2, 0) is 38.1 Å². The maximum atomic E-state index is 14.2. The number of benzene rings is 4. The second-order valence-electron chi connectivity index (χ2n) is 22.2. The number of amidine groups is 1. The summed E-state index contributed by atoms with van der Waals surface area (Å²) >= 11 is 3.32. The summed E-state index contributed by atoms with van der Waals surface area (Å²) in [5, 5.41) is 13.2. The van der Waals surface area contributed by atoms with Crippen LogP contribution in [-0.4, -0.2) is 133 Å². The average Bonchev–Trinajstić information content (AvgIpc) is 4.23. The predicted octanol–water partition coefficient (Wildman–Crippen LogP) is 12.2. The average molecular weight is 1200 g/mol. The van der Waals surface area contributed by atoms with Gasteiger partial charge in [-0.15, -0.1) is 23.5 Å². The number of ether oxygens (including phenoxy) is 1. The van der Waals surface area contributed by atoms with Crippen LogP contribution >= 0.6 is 23.5 Å². The number of hydrogen-bond acceptors (Lipinski definition) is 15. The monoisotopic (exact) mass is 1190 g/mol. The Kier molecular flexibility index (Phi) is 19.6. The SMILES string of the molecule is CC(CSc1ccccc1O)N1CCCC1.CC(CSc1ccccc1Oc1ccc(C2=NCC(CN3C(=O)CC(C)(C)C3=O)=N2)cc1C(F)(F)F)N1CCCC1.CC1(C)CC(=O)N(Cc2nc(-c3ccc(F)c(C(F)(F)F)c3)no2)C1=O. The number of thioether (sulfide) groups is 2. The summed E-state index contributed by atoms with van der Waals surface area (Å²) in [5.74, 6) is -0.667. The molecule has 4 fully saturated rings. The number of amides is 4. The topological polar surface area (TPSA) is 174 Å². The first-order chi connectivity index (χ1) is 39.2. The van der Waals surface area contributed by atoms with Crippen LogP contribution in [0.25, 0.3) is 11.4 Å². The third kappa shape index (κ3) is 15.6. The zero-order valence-electron chi connectivity index (χ0n) is 46.8. The minimum Gasteiger partial charge on any atom is -0.507 e. The van der Waals surface area contributed by atoms with Crippen molar-refractivity contribution in [3.05, 3.63) is 113 Å². The molecule has 0 radical (unpaired) electrons. The van der Waals surface area contributed by atoms with Gasteiger partial charge in [0.2, 0.25) is 35.3 Å². The van der Waals surface area contributed by atoms with Gasteiger partial charge in [-0.1, -0.05) is 57.1 Å². The smallest absolute Gasteiger partial charge is 0.420 e. The molecule has 1 N–H and O–H groups in total. The second-order valence-corrected chi connectivity index (χ2v) is 24.4. The number of halogens is 7. The van der Waals surface area contributed by atoms with Crippen molar-refractivity contribution in [3.8, 4) is 28.6 Å². The number of aliphatic imine (C=N–C) groups is 2. The van der Waals surface area contributed by atoms with Crippen LogP contribution in [0, 0.1) is 16.6 Å². The number of carbonyl (C=O) groups is 4. The van der Waals surface area contributed by atoms with E-state index in [1.807, 2.05) is 30.3 Å². The van der Waals surface area contributed by atoms with Gasteiger partial charge >= 0.3 is 12.4 Å². The quantitative estimate of drug-likeness (QED) is 0.0562. The lowest BCUT2D eigenvalue weighted by molar-refractivity contribution is -0.142. The highest BCUT2D eigenvalue weighted by Gasteiger charge is 2.47. The van der Waals surface area contributed by atoms with E-state index < -0.39 is 51.9 Å². The van der Waals surface area contributed by atoms with Crippen LogP contribution in [0.2, 0.25) is 0 Å². The molecule has 444 valence electrons. The van der Waals surface area contributed by atoms with Crippen molar-refractivity contribution in [1.29, 1.82) is 0 Å².